The zero-order valence-corrected chi connectivity index (χ0v) is 12.0. The van der Waals surface area contributed by atoms with Crippen LogP contribution in [0.15, 0.2) is 30.3 Å². The van der Waals surface area contributed by atoms with Crippen molar-refractivity contribution in [2.75, 3.05) is 19.6 Å². The fourth-order valence-corrected chi connectivity index (χ4v) is 2.71. The Kier molecular flexibility index (Phi) is 4.59. The minimum atomic E-state index is -0.218. The number of nitrogens with one attached hydrogen (secondary N) is 1. The molecular formula is C16H24N2O. The molecule has 3 nitrogen and oxygen atoms in total. The zero-order valence-electron chi connectivity index (χ0n) is 12.0. The van der Waals surface area contributed by atoms with E-state index >= 15 is 0 Å². The molecule has 1 atom stereocenters. The minimum absolute atomic E-state index is 0.218. The normalized spacial score (nSPS) is 22.4. The predicted molar refractivity (Wildman–Crippen MR) is 77.7 cm³/mol. The molecular weight excluding hydrogens is 236 g/mol. The maximum Gasteiger partial charge on any atom is 0.230 e. The monoisotopic (exact) mass is 260 g/mol. The van der Waals surface area contributed by atoms with Gasteiger partial charge >= 0.3 is 0 Å². The molecule has 19 heavy (non-hydrogen) atoms. The highest BCUT2D eigenvalue weighted by molar-refractivity contribution is 5.83. The Hall–Kier alpha value is -1.35. The Morgan fingerprint density at radius 1 is 1.37 bits per heavy atom. The van der Waals surface area contributed by atoms with Crippen LogP contribution in [0.2, 0.25) is 0 Å². The Bertz CT molecular complexity index is 410. The van der Waals surface area contributed by atoms with Crippen LogP contribution < -0.4 is 5.32 Å². The van der Waals surface area contributed by atoms with E-state index in [1.54, 1.807) is 0 Å². The van der Waals surface area contributed by atoms with E-state index in [0.29, 0.717) is 5.91 Å². The molecule has 1 N–H and O–H groups in total. The molecule has 0 aromatic heterocycles. The first-order valence-electron chi connectivity index (χ1n) is 7.20. The maximum atomic E-state index is 12.7. The first-order valence-corrected chi connectivity index (χ1v) is 7.20. The molecule has 1 saturated heterocycles. The van der Waals surface area contributed by atoms with Crippen molar-refractivity contribution >= 4 is 5.91 Å². The van der Waals surface area contributed by atoms with Crippen molar-refractivity contribution in [3.05, 3.63) is 35.9 Å². The van der Waals surface area contributed by atoms with Crippen LogP contribution in [0.5, 0.6) is 0 Å². The van der Waals surface area contributed by atoms with Gasteiger partial charge in [-0.2, -0.15) is 0 Å². The number of amides is 1. The summed E-state index contributed by atoms with van der Waals surface area (Å²) in [6.45, 7) is 7.53. The van der Waals surface area contributed by atoms with Crippen molar-refractivity contribution in [3.63, 3.8) is 0 Å². The van der Waals surface area contributed by atoms with Crippen molar-refractivity contribution in [3.8, 4) is 0 Å². The van der Waals surface area contributed by atoms with E-state index in [9.17, 15) is 4.79 Å². The number of rotatable bonds is 5. The number of hydrogen-bond acceptors (Lipinski definition) is 2. The first-order chi connectivity index (χ1) is 9.15. The molecule has 2 rings (SSSR count). The van der Waals surface area contributed by atoms with Crippen LogP contribution in [0.3, 0.4) is 0 Å². The predicted octanol–water partition coefficient (Wildman–Crippen LogP) is 2.42. The van der Waals surface area contributed by atoms with Gasteiger partial charge in [0.25, 0.3) is 0 Å². The van der Waals surface area contributed by atoms with Crippen LogP contribution in [0.4, 0.5) is 0 Å². The van der Waals surface area contributed by atoms with Gasteiger partial charge in [0.2, 0.25) is 5.91 Å². The largest absolute Gasteiger partial charge is 0.338 e. The Balaban J connectivity index is 2.09. The summed E-state index contributed by atoms with van der Waals surface area (Å²) in [5.41, 5.74) is 0.989. The lowest BCUT2D eigenvalue weighted by molar-refractivity contribution is -0.141. The lowest BCUT2D eigenvalue weighted by Gasteiger charge is -2.31. The molecule has 1 fully saturated rings. The summed E-state index contributed by atoms with van der Waals surface area (Å²) in [6, 6.07) is 10.2. The lowest BCUT2D eigenvalue weighted by atomic mass is 9.88. The van der Waals surface area contributed by atoms with Crippen molar-refractivity contribution in [2.45, 2.75) is 33.2 Å². The third-order valence-corrected chi connectivity index (χ3v) is 3.88. The smallest absolute Gasteiger partial charge is 0.230 e. The molecule has 0 radical (unpaired) electrons. The van der Waals surface area contributed by atoms with Crippen LogP contribution in [0.1, 0.15) is 32.3 Å². The molecule has 104 valence electrons. The quantitative estimate of drug-likeness (QED) is 0.882. The van der Waals surface area contributed by atoms with Crippen molar-refractivity contribution < 1.29 is 4.79 Å². The third kappa shape index (κ3) is 3.35. The molecule has 0 bridgehead atoms. The summed E-state index contributed by atoms with van der Waals surface area (Å²) in [5, 5.41) is 3.31. The fourth-order valence-electron chi connectivity index (χ4n) is 2.71. The standard InChI is InChI=1S/C16H24N2O/c1-3-11-18(12-14-7-5-4-6-8-14)15(19)16(2)9-10-17-13-16/h4-8,17H,3,9-13H2,1-2H3. The number of carbonyl (C=O) groups is 1. The second kappa shape index (κ2) is 6.20. The van der Waals surface area contributed by atoms with Gasteiger partial charge in [-0.25, -0.2) is 0 Å². The topological polar surface area (TPSA) is 32.3 Å². The molecule has 0 aliphatic carbocycles. The number of hydrogen-bond donors (Lipinski definition) is 1. The summed E-state index contributed by atoms with van der Waals surface area (Å²) < 4.78 is 0. The fraction of sp³-hybridized carbons (Fsp3) is 0.562. The summed E-state index contributed by atoms with van der Waals surface area (Å²) in [7, 11) is 0. The molecule has 3 heteroatoms. The maximum absolute atomic E-state index is 12.7. The Morgan fingerprint density at radius 2 is 2.11 bits per heavy atom. The van der Waals surface area contributed by atoms with Crippen LogP contribution in [-0.4, -0.2) is 30.4 Å². The SMILES string of the molecule is CCCN(Cc1ccccc1)C(=O)C1(C)CCNC1. The molecule has 1 aromatic carbocycles. The highest BCUT2D eigenvalue weighted by Crippen LogP contribution is 2.28. The van der Waals surface area contributed by atoms with Gasteiger partial charge in [-0.05, 0) is 31.9 Å². The van der Waals surface area contributed by atoms with Gasteiger partial charge in [-0.3, -0.25) is 4.79 Å². The molecule has 0 saturated carbocycles. The molecule has 1 amide bonds. The van der Waals surface area contributed by atoms with Gasteiger partial charge in [-0.15, -0.1) is 0 Å². The summed E-state index contributed by atoms with van der Waals surface area (Å²) in [6.07, 6.45) is 1.95. The van der Waals surface area contributed by atoms with Gasteiger partial charge in [0.15, 0.2) is 0 Å². The van der Waals surface area contributed by atoms with E-state index in [-0.39, 0.29) is 5.41 Å². The van der Waals surface area contributed by atoms with Crippen molar-refractivity contribution in [1.82, 2.24) is 10.2 Å². The summed E-state index contributed by atoms with van der Waals surface area (Å²) in [5.74, 6) is 0.295. The molecule has 1 aromatic rings. The van der Waals surface area contributed by atoms with Gasteiger partial charge in [0.05, 0.1) is 5.41 Å². The van der Waals surface area contributed by atoms with Crippen LogP contribution in [0, 0.1) is 5.41 Å². The van der Waals surface area contributed by atoms with E-state index in [1.165, 1.54) is 5.56 Å². The lowest BCUT2D eigenvalue weighted by Crippen LogP contribution is -2.43. The van der Waals surface area contributed by atoms with E-state index in [0.717, 1.165) is 39.0 Å². The molecule has 1 aliphatic heterocycles. The van der Waals surface area contributed by atoms with Gasteiger partial charge < -0.3 is 10.2 Å². The van der Waals surface area contributed by atoms with Crippen LogP contribution >= 0.6 is 0 Å². The number of benzene rings is 1. The first kappa shape index (κ1) is 14.1. The van der Waals surface area contributed by atoms with E-state index in [4.69, 9.17) is 0 Å². The number of nitrogens with zero attached hydrogens (tertiary/aromatic N) is 1. The Labute approximate surface area is 116 Å². The van der Waals surface area contributed by atoms with E-state index in [1.807, 2.05) is 23.1 Å². The van der Waals surface area contributed by atoms with Gasteiger partial charge in [0.1, 0.15) is 0 Å². The highest BCUT2D eigenvalue weighted by atomic mass is 16.2. The molecule has 1 aliphatic rings. The minimum Gasteiger partial charge on any atom is -0.338 e. The van der Waals surface area contributed by atoms with Gasteiger partial charge in [-0.1, -0.05) is 37.3 Å². The average molecular weight is 260 g/mol. The van der Waals surface area contributed by atoms with Crippen molar-refractivity contribution in [2.24, 2.45) is 5.41 Å². The van der Waals surface area contributed by atoms with Gasteiger partial charge in [0, 0.05) is 19.6 Å². The van der Waals surface area contributed by atoms with E-state index < -0.39 is 0 Å². The highest BCUT2D eigenvalue weighted by Gasteiger charge is 2.38. The number of carbonyl (C=O) groups excluding carboxylic acids is 1. The zero-order chi connectivity index (χ0) is 13.7. The summed E-state index contributed by atoms with van der Waals surface area (Å²) in [4.78, 5) is 14.8. The second-order valence-corrected chi connectivity index (χ2v) is 5.70. The van der Waals surface area contributed by atoms with Crippen LogP contribution in [-0.2, 0) is 11.3 Å². The average Bonchev–Trinajstić information content (AvgIpc) is 2.87. The summed E-state index contributed by atoms with van der Waals surface area (Å²) >= 11 is 0. The van der Waals surface area contributed by atoms with Crippen LogP contribution in [0.25, 0.3) is 0 Å². The molecule has 1 heterocycles. The van der Waals surface area contributed by atoms with Crippen molar-refractivity contribution in [1.29, 1.82) is 0 Å². The second-order valence-electron chi connectivity index (χ2n) is 5.70. The molecule has 0 spiro atoms. The third-order valence-electron chi connectivity index (χ3n) is 3.88. The van der Waals surface area contributed by atoms with E-state index in [2.05, 4.69) is 31.3 Å². The Morgan fingerprint density at radius 3 is 2.68 bits per heavy atom. The molecule has 1 unspecified atom stereocenters.